The van der Waals surface area contributed by atoms with E-state index in [0.717, 1.165) is 12.8 Å². The fraction of sp³-hybridized carbons (Fsp3) is 1.00. The van der Waals surface area contributed by atoms with Crippen LogP contribution < -0.4 is 9.79 Å². The minimum atomic E-state index is -2.84. The molecule has 2 aliphatic rings. The largest absolute Gasteiger partial charge is 2.00 e. The van der Waals surface area contributed by atoms with E-state index in [1.165, 1.54) is 0 Å². The molecule has 2 aliphatic carbocycles. The fourth-order valence-corrected chi connectivity index (χ4v) is 2.89. The van der Waals surface area contributed by atoms with Gasteiger partial charge >= 0.3 is 16.5 Å². The third kappa shape index (κ3) is 1.87. The second-order valence-electron chi connectivity index (χ2n) is 4.05. The maximum absolute atomic E-state index is 10.5. The molecule has 0 aliphatic heterocycles. The Hall–Kier alpha value is 0.764. The zero-order chi connectivity index (χ0) is 9.53. The van der Waals surface area contributed by atoms with Crippen molar-refractivity contribution in [3.8, 4) is 0 Å². The van der Waals surface area contributed by atoms with Crippen molar-refractivity contribution in [1.82, 2.24) is 0 Å². The van der Waals surface area contributed by atoms with Crippen LogP contribution in [-0.2, 0) is 21.0 Å². The molecule has 1 N–H and O–H groups in total. The Morgan fingerprint density at radius 2 is 1.57 bits per heavy atom. The van der Waals surface area contributed by atoms with Gasteiger partial charge in [0, 0.05) is 0 Å². The zero-order valence-corrected chi connectivity index (χ0v) is 9.56. The molecule has 0 unspecified atom stereocenters. The smallest absolute Gasteiger partial charge is 0.820 e. The van der Waals surface area contributed by atoms with Crippen LogP contribution in [0.2, 0.25) is 0 Å². The van der Waals surface area contributed by atoms with E-state index in [-0.39, 0.29) is 16.5 Å². The summed E-state index contributed by atoms with van der Waals surface area (Å²) in [5.74, 6) is 0. The number of aliphatic hydroxyl groups is 1. The molecule has 6 heteroatoms. The Morgan fingerprint density at radius 1 is 1.07 bits per heavy atom. The zero-order valence-electron chi connectivity index (χ0n) is 7.68. The van der Waals surface area contributed by atoms with Crippen molar-refractivity contribution in [2.45, 2.75) is 49.7 Å². The first-order chi connectivity index (χ1) is 6.08. The summed E-state index contributed by atoms with van der Waals surface area (Å²) >= 11 is 0. The van der Waals surface area contributed by atoms with Crippen LogP contribution in [-0.4, -0.2) is 16.3 Å². The van der Waals surface area contributed by atoms with Gasteiger partial charge in [-0.3, -0.25) is 0 Å². The molecule has 0 aromatic carbocycles. The molecule has 0 saturated heterocycles. The first kappa shape index (κ1) is 12.8. The van der Waals surface area contributed by atoms with Crippen LogP contribution in [0.3, 0.4) is 0 Å². The summed E-state index contributed by atoms with van der Waals surface area (Å²) in [6, 6.07) is 0. The van der Waals surface area contributed by atoms with Crippen LogP contribution in [0.4, 0.5) is 0 Å². The van der Waals surface area contributed by atoms with Crippen LogP contribution in [0.25, 0.3) is 0 Å². The van der Waals surface area contributed by atoms with E-state index in [1.54, 1.807) is 0 Å². The van der Waals surface area contributed by atoms with Crippen molar-refractivity contribution in [1.29, 1.82) is 0 Å². The molecule has 84 valence electrons. The van der Waals surface area contributed by atoms with Gasteiger partial charge in [-0.15, -0.1) is 0 Å². The summed E-state index contributed by atoms with van der Waals surface area (Å²) in [6.45, 7) is 0. The maximum atomic E-state index is 10.5. The molecule has 0 spiro atoms. The predicted octanol–water partition coefficient (Wildman–Crippen LogP) is -0.214. The summed E-state index contributed by atoms with van der Waals surface area (Å²) in [6.07, 6.45) is 4.62. The second kappa shape index (κ2) is 4.33. The van der Waals surface area contributed by atoms with E-state index in [9.17, 15) is 14.9 Å². The molecule has 0 aromatic heterocycles. The molecule has 14 heavy (non-hydrogen) atoms. The Morgan fingerprint density at radius 3 is 1.79 bits per heavy atom. The Balaban J connectivity index is 0.000000980. The van der Waals surface area contributed by atoms with Crippen LogP contribution in [0, 0.1) is 0 Å². The van der Waals surface area contributed by atoms with E-state index < -0.39 is 19.8 Å². The van der Waals surface area contributed by atoms with Crippen molar-refractivity contribution >= 4 is 8.60 Å². The SMILES string of the molecule is [Ni+2].[O-]P([O-])OC1(C2(O)CCC2)CCC1. The summed E-state index contributed by atoms with van der Waals surface area (Å²) < 4.78 is 4.88. The Labute approximate surface area is 94.6 Å². The molecule has 0 amide bonds. The molecule has 0 heterocycles. The van der Waals surface area contributed by atoms with E-state index >= 15 is 0 Å². The van der Waals surface area contributed by atoms with E-state index in [1.807, 2.05) is 0 Å². The van der Waals surface area contributed by atoms with Gasteiger partial charge in [-0.2, -0.15) is 8.60 Å². The minimum Gasteiger partial charge on any atom is -0.820 e. The van der Waals surface area contributed by atoms with Gasteiger partial charge in [-0.25, -0.2) is 0 Å². The molecule has 2 rings (SSSR count). The van der Waals surface area contributed by atoms with Gasteiger partial charge in [-0.1, -0.05) is 0 Å². The molecule has 2 saturated carbocycles. The van der Waals surface area contributed by atoms with Crippen LogP contribution in [0.15, 0.2) is 0 Å². The standard InChI is InChI=1S/C8H13O4P.Ni/c9-7(3-1-4-7)8(5-2-6-8)12-13(10)11;/h9H,1-6H2;/q-2;+2. The average Bonchev–Trinajstić information content (AvgIpc) is 1.92. The molecular weight excluding hydrogens is 250 g/mol. The monoisotopic (exact) mass is 262 g/mol. The van der Waals surface area contributed by atoms with E-state index in [4.69, 9.17) is 4.52 Å². The topological polar surface area (TPSA) is 75.6 Å². The van der Waals surface area contributed by atoms with Gasteiger partial charge in [0.05, 0.1) is 11.2 Å². The van der Waals surface area contributed by atoms with Gasteiger partial charge in [-0.05, 0) is 38.5 Å². The third-order valence-corrected chi connectivity index (χ3v) is 3.94. The summed E-state index contributed by atoms with van der Waals surface area (Å²) in [5.41, 5.74) is -1.62. The molecule has 0 aromatic rings. The van der Waals surface area contributed by atoms with Crippen LogP contribution in [0.5, 0.6) is 0 Å². The van der Waals surface area contributed by atoms with Crippen molar-refractivity contribution in [2.75, 3.05) is 0 Å². The second-order valence-corrected chi connectivity index (χ2v) is 4.68. The molecule has 0 radical (unpaired) electrons. The quantitative estimate of drug-likeness (QED) is 0.564. The predicted molar refractivity (Wildman–Crippen MR) is 43.4 cm³/mol. The normalized spacial score (nSPS) is 27.4. The van der Waals surface area contributed by atoms with Crippen LogP contribution in [0.1, 0.15) is 38.5 Å². The van der Waals surface area contributed by atoms with E-state index in [0.29, 0.717) is 25.7 Å². The summed E-state index contributed by atoms with van der Waals surface area (Å²) in [4.78, 5) is 21.0. The Bertz CT molecular complexity index is 204. The molecule has 0 bridgehead atoms. The van der Waals surface area contributed by atoms with E-state index in [2.05, 4.69) is 0 Å². The summed E-state index contributed by atoms with van der Waals surface area (Å²) in [7, 11) is -2.84. The van der Waals surface area contributed by atoms with Gasteiger partial charge in [0.2, 0.25) is 0 Å². The van der Waals surface area contributed by atoms with Gasteiger partial charge in [0.15, 0.2) is 0 Å². The fourth-order valence-electron chi connectivity index (χ4n) is 2.25. The van der Waals surface area contributed by atoms with Crippen molar-refractivity contribution in [3.05, 3.63) is 0 Å². The number of hydrogen-bond acceptors (Lipinski definition) is 4. The molecule has 4 nitrogen and oxygen atoms in total. The van der Waals surface area contributed by atoms with Crippen molar-refractivity contribution in [2.24, 2.45) is 0 Å². The van der Waals surface area contributed by atoms with Crippen molar-refractivity contribution < 1.29 is 35.9 Å². The average molecular weight is 263 g/mol. The molecule has 0 atom stereocenters. The first-order valence-electron chi connectivity index (χ1n) is 4.64. The molecular formula is C8H13NiO4P. The molecule has 2 fully saturated rings. The third-order valence-electron chi connectivity index (χ3n) is 3.44. The van der Waals surface area contributed by atoms with Gasteiger partial charge in [0.1, 0.15) is 0 Å². The summed E-state index contributed by atoms with van der Waals surface area (Å²) in [5, 5.41) is 10.0. The van der Waals surface area contributed by atoms with Crippen molar-refractivity contribution in [3.63, 3.8) is 0 Å². The van der Waals surface area contributed by atoms with Gasteiger partial charge in [0.25, 0.3) is 0 Å². The number of hydrogen-bond donors (Lipinski definition) is 1. The van der Waals surface area contributed by atoms with Crippen LogP contribution >= 0.6 is 8.60 Å². The maximum Gasteiger partial charge on any atom is 2.00 e. The first-order valence-corrected chi connectivity index (χ1v) is 5.74. The van der Waals surface area contributed by atoms with Gasteiger partial charge < -0.3 is 19.4 Å². The minimum absolute atomic E-state index is 0. The number of rotatable bonds is 3. The Kier molecular flexibility index (Phi) is 3.97.